The molecule has 0 aromatic rings. The topological polar surface area (TPSA) is 37.3 Å². The molecule has 1 unspecified atom stereocenters. The first-order chi connectivity index (χ1) is 6.37. The van der Waals surface area contributed by atoms with Crippen LogP contribution >= 0.6 is 0 Å². The summed E-state index contributed by atoms with van der Waals surface area (Å²) in [6, 6.07) is 0. The molecule has 0 fully saturated rings. The molecular weight excluding hydrogens is 176 g/mol. The van der Waals surface area contributed by atoms with E-state index in [0.29, 0.717) is 5.92 Å². The van der Waals surface area contributed by atoms with Crippen LogP contribution in [0.4, 0.5) is 0 Å². The second-order valence-corrected chi connectivity index (χ2v) is 4.88. The Balaban J connectivity index is 4.70. The van der Waals surface area contributed by atoms with Crippen molar-refractivity contribution in [3.05, 3.63) is 0 Å². The number of carboxylic acid groups (broad SMARTS) is 1. The summed E-state index contributed by atoms with van der Waals surface area (Å²) in [6.07, 6.45) is 2.66. The molecule has 0 amide bonds. The Bertz CT molecular complexity index is 181. The Labute approximate surface area is 87.7 Å². The molecule has 0 saturated heterocycles. The first kappa shape index (κ1) is 13.5. The second kappa shape index (κ2) is 5.38. The lowest BCUT2D eigenvalue weighted by Gasteiger charge is -2.34. The maximum Gasteiger partial charge on any atom is 0.307 e. The first-order valence-corrected chi connectivity index (χ1v) is 5.60. The van der Waals surface area contributed by atoms with Crippen LogP contribution in [-0.2, 0) is 4.79 Å². The molecule has 0 radical (unpaired) electrons. The van der Waals surface area contributed by atoms with Crippen molar-refractivity contribution >= 4 is 5.97 Å². The summed E-state index contributed by atoms with van der Waals surface area (Å²) < 4.78 is 0. The minimum absolute atomic E-state index is 0.0455. The third kappa shape index (κ3) is 3.32. The van der Waals surface area contributed by atoms with Gasteiger partial charge in [-0.05, 0) is 30.6 Å². The molecule has 2 heteroatoms. The smallest absolute Gasteiger partial charge is 0.307 e. The average molecular weight is 200 g/mol. The van der Waals surface area contributed by atoms with Crippen LogP contribution in [0.2, 0.25) is 0 Å². The van der Waals surface area contributed by atoms with E-state index in [9.17, 15) is 9.90 Å². The van der Waals surface area contributed by atoms with E-state index >= 15 is 0 Å². The van der Waals surface area contributed by atoms with Crippen LogP contribution in [0.5, 0.6) is 0 Å². The van der Waals surface area contributed by atoms with E-state index in [4.69, 9.17) is 0 Å². The molecule has 0 bridgehead atoms. The Kier molecular flexibility index (Phi) is 5.17. The van der Waals surface area contributed by atoms with Gasteiger partial charge in [0.05, 0.1) is 5.92 Å². The monoisotopic (exact) mass is 200 g/mol. The minimum Gasteiger partial charge on any atom is -0.481 e. The van der Waals surface area contributed by atoms with E-state index in [1.54, 1.807) is 0 Å². The molecule has 14 heavy (non-hydrogen) atoms. The fourth-order valence-corrected chi connectivity index (χ4v) is 1.90. The summed E-state index contributed by atoms with van der Waals surface area (Å²) in [5.74, 6) is -0.379. The third-order valence-electron chi connectivity index (χ3n) is 3.46. The van der Waals surface area contributed by atoms with Crippen molar-refractivity contribution in [1.82, 2.24) is 0 Å². The molecule has 0 saturated carbocycles. The van der Waals surface area contributed by atoms with Crippen molar-refractivity contribution in [2.24, 2.45) is 17.3 Å². The van der Waals surface area contributed by atoms with Gasteiger partial charge in [-0.25, -0.2) is 0 Å². The lowest BCUT2D eigenvalue weighted by molar-refractivity contribution is -0.147. The van der Waals surface area contributed by atoms with E-state index in [1.807, 2.05) is 0 Å². The fourth-order valence-electron chi connectivity index (χ4n) is 1.90. The van der Waals surface area contributed by atoms with Gasteiger partial charge in [-0.3, -0.25) is 4.79 Å². The highest BCUT2D eigenvalue weighted by atomic mass is 16.4. The molecule has 84 valence electrons. The van der Waals surface area contributed by atoms with E-state index in [1.165, 1.54) is 0 Å². The predicted molar refractivity (Wildman–Crippen MR) is 59.3 cm³/mol. The van der Waals surface area contributed by atoms with Gasteiger partial charge in [0.1, 0.15) is 0 Å². The lowest BCUT2D eigenvalue weighted by Crippen LogP contribution is -2.33. The molecule has 2 nitrogen and oxygen atoms in total. The van der Waals surface area contributed by atoms with Gasteiger partial charge in [0.15, 0.2) is 0 Å². The summed E-state index contributed by atoms with van der Waals surface area (Å²) >= 11 is 0. The van der Waals surface area contributed by atoms with Crippen LogP contribution in [0.15, 0.2) is 0 Å². The second-order valence-electron chi connectivity index (χ2n) is 4.88. The number of aliphatic carboxylic acids is 1. The van der Waals surface area contributed by atoms with E-state index in [0.717, 1.165) is 19.3 Å². The zero-order valence-corrected chi connectivity index (χ0v) is 10.1. The molecule has 0 aliphatic rings. The van der Waals surface area contributed by atoms with Crippen LogP contribution in [0.25, 0.3) is 0 Å². The van der Waals surface area contributed by atoms with Crippen molar-refractivity contribution in [3.8, 4) is 0 Å². The van der Waals surface area contributed by atoms with Crippen molar-refractivity contribution in [2.45, 2.75) is 53.9 Å². The SMILES string of the molecule is CCC(C)(CC)C(CC(C)C)C(=O)O. The highest BCUT2D eigenvalue weighted by molar-refractivity contribution is 5.71. The molecular formula is C12H24O2. The average Bonchev–Trinajstić information content (AvgIpc) is 2.12. The zero-order chi connectivity index (χ0) is 11.4. The fraction of sp³-hybridized carbons (Fsp3) is 0.917. The zero-order valence-electron chi connectivity index (χ0n) is 10.1. The molecule has 0 aromatic carbocycles. The number of hydrogen-bond acceptors (Lipinski definition) is 1. The Morgan fingerprint density at radius 3 is 1.93 bits per heavy atom. The van der Waals surface area contributed by atoms with Crippen LogP contribution in [0.3, 0.4) is 0 Å². The molecule has 0 aromatic heterocycles. The molecule has 0 aliphatic carbocycles. The Morgan fingerprint density at radius 2 is 1.71 bits per heavy atom. The van der Waals surface area contributed by atoms with Gasteiger partial charge < -0.3 is 5.11 Å². The molecule has 0 rings (SSSR count). The van der Waals surface area contributed by atoms with Gasteiger partial charge in [0, 0.05) is 0 Å². The van der Waals surface area contributed by atoms with Gasteiger partial charge in [0.2, 0.25) is 0 Å². The van der Waals surface area contributed by atoms with Crippen LogP contribution in [0.1, 0.15) is 53.9 Å². The quantitative estimate of drug-likeness (QED) is 0.711. The van der Waals surface area contributed by atoms with Crippen LogP contribution in [0, 0.1) is 17.3 Å². The number of carboxylic acids is 1. The van der Waals surface area contributed by atoms with Gasteiger partial charge >= 0.3 is 5.97 Å². The van der Waals surface area contributed by atoms with Crippen molar-refractivity contribution in [1.29, 1.82) is 0 Å². The molecule has 1 N–H and O–H groups in total. The largest absolute Gasteiger partial charge is 0.481 e. The highest BCUT2D eigenvalue weighted by Gasteiger charge is 2.36. The van der Waals surface area contributed by atoms with Gasteiger partial charge in [0.25, 0.3) is 0 Å². The van der Waals surface area contributed by atoms with E-state index in [-0.39, 0.29) is 11.3 Å². The number of hydrogen-bond donors (Lipinski definition) is 1. The summed E-state index contributed by atoms with van der Waals surface area (Å²) in [5.41, 5.74) is -0.0455. The Hall–Kier alpha value is -0.530. The normalized spacial score (nSPS) is 14.4. The number of carbonyl (C=O) groups is 1. The first-order valence-electron chi connectivity index (χ1n) is 5.60. The lowest BCUT2D eigenvalue weighted by atomic mass is 9.70. The van der Waals surface area contributed by atoms with E-state index in [2.05, 4.69) is 34.6 Å². The van der Waals surface area contributed by atoms with Gasteiger partial charge in [-0.1, -0.05) is 34.6 Å². The molecule has 0 aliphatic heterocycles. The summed E-state index contributed by atoms with van der Waals surface area (Å²) in [4.78, 5) is 11.2. The number of rotatable bonds is 6. The molecule has 0 heterocycles. The standard InChI is InChI=1S/C12H24O2/c1-6-12(5,7-2)10(11(13)14)8-9(3)4/h9-10H,6-8H2,1-5H3,(H,13,14). The predicted octanol–water partition coefficient (Wildman–Crippen LogP) is 3.56. The summed E-state index contributed by atoms with van der Waals surface area (Å²) in [5, 5.41) is 9.22. The molecule has 1 atom stereocenters. The van der Waals surface area contributed by atoms with Crippen molar-refractivity contribution in [3.63, 3.8) is 0 Å². The maximum absolute atomic E-state index is 11.2. The van der Waals surface area contributed by atoms with Crippen molar-refractivity contribution in [2.75, 3.05) is 0 Å². The van der Waals surface area contributed by atoms with Crippen LogP contribution in [-0.4, -0.2) is 11.1 Å². The minimum atomic E-state index is -0.634. The van der Waals surface area contributed by atoms with E-state index < -0.39 is 5.97 Å². The maximum atomic E-state index is 11.2. The molecule has 0 spiro atoms. The van der Waals surface area contributed by atoms with Gasteiger partial charge in [-0.15, -0.1) is 0 Å². The summed E-state index contributed by atoms with van der Waals surface area (Å²) in [7, 11) is 0. The van der Waals surface area contributed by atoms with Crippen molar-refractivity contribution < 1.29 is 9.90 Å². The third-order valence-corrected chi connectivity index (χ3v) is 3.46. The highest BCUT2D eigenvalue weighted by Crippen LogP contribution is 2.38. The summed E-state index contributed by atoms with van der Waals surface area (Å²) in [6.45, 7) is 10.4. The van der Waals surface area contributed by atoms with Crippen LogP contribution < -0.4 is 0 Å². The Morgan fingerprint density at radius 1 is 1.29 bits per heavy atom. The van der Waals surface area contributed by atoms with Gasteiger partial charge in [-0.2, -0.15) is 0 Å².